The number of carbonyl (C=O) groups is 3. The molecular formula is C11H16O6. The molecule has 0 aromatic carbocycles. The summed E-state index contributed by atoms with van der Waals surface area (Å²) in [6, 6.07) is 0. The van der Waals surface area contributed by atoms with Gasteiger partial charge in [-0.3, -0.25) is 9.59 Å². The maximum Gasteiger partial charge on any atom is 0.330 e. The summed E-state index contributed by atoms with van der Waals surface area (Å²) in [5.41, 5.74) is 0. The quantitative estimate of drug-likeness (QED) is 0.292. The lowest BCUT2D eigenvalue weighted by atomic mass is 10.0. The van der Waals surface area contributed by atoms with Gasteiger partial charge in [0.25, 0.3) is 0 Å². The first kappa shape index (κ1) is 15.2. The molecule has 0 aliphatic heterocycles. The Morgan fingerprint density at radius 2 is 1.53 bits per heavy atom. The van der Waals surface area contributed by atoms with Crippen molar-refractivity contribution in [3.8, 4) is 0 Å². The van der Waals surface area contributed by atoms with Crippen LogP contribution in [0.4, 0.5) is 0 Å². The fraction of sp³-hybridized carbons (Fsp3) is 0.545. The van der Waals surface area contributed by atoms with E-state index in [1.807, 2.05) is 0 Å². The third-order valence-corrected chi connectivity index (χ3v) is 2.05. The molecule has 0 aromatic rings. The van der Waals surface area contributed by atoms with Crippen molar-refractivity contribution < 1.29 is 28.6 Å². The van der Waals surface area contributed by atoms with Gasteiger partial charge in [0.05, 0.1) is 21.3 Å². The Labute approximate surface area is 99.5 Å². The first-order chi connectivity index (χ1) is 8.06. The molecule has 0 spiro atoms. The van der Waals surface area contributed by atoms with Crippen LogP contribution in [0.15, 0.2) is 12.2 Å². The van der Waals surface area contributed by atoms with Crippen LogP contribution in [0.25, 0.3) is 0 Å². The Morgan fingerprint density at radius 1 is 1.00 bits per heavy atom. The average Bonchev–Trinajstić information content (AvgIpc) is 2.36. The van der Waals surface area contributed by atoms with Crippen LogP contribution < -0.4 is 0 Å². The molecule has 0 bridgehead atoms. The van der Waals surface area contributed by atoms with Gasteiger partial charge in [-0.25, -0.2) is 4.79 Å². The van der Waals surface area contributed by atoms with Gasteiger partial charge in [0.15, 0.2) is 5.92 Å². The summed E-state index contributed by atoms with van der Waals surface area (Å²) in [7, 11) is 3.66. The van der Waals surface area contributed by atoms with Gasteiger partial charge in [-0.05, 0) is 12.8 Å². The van der Waals surface area contributed by atoms with Crippen molar-refractivity contribution in [1.82, 2.24) is 0 Å². The lowest BCUT2D eigenvalue weighted by Gasteiger charge is -2.10. The Bertz CT molecular complexity index is 291. The molecule has 6 nitrogen and oxygen atoms in total. The molecule has 0 atom stereocenters. The van der Waals surface area contributed by atoms with E-state index in [2.05, 4.69) is 14.2 Å². The first-order valence-corrected chi connectivity index (χ1v) is 4.97. The van der Waals surface area contributed by atoms with Gasteiger partial charge in [0, 0.05) is 6.08 Å². The minimum atomic E-state index is -0.965. The molecule has 17 heavy (non-hydrogen) atoms. The van der Waals surface area contributed by atoms with Crippen molar-refractivity contribution >= 4 is 17.9 Å². The molecule has 0 unspecified atom stereocenters. The van der Waals surface area contributed by atoms with Crippen molar-refractivity contribution in [2.75, 3.05) is 21.3 Å². The summed E-state index contributed by atoms with van der Waals surface area (Å²) >= 11 is 0. The molecule has 0 amide bonds. The minimum absolute atomic E-state index is 0.215. The van der Waals surface area contributed by atoms with Gasteiger partial charge in [-0.2, -0.15) is 0 Å². The number of methoxy groups -OCH3 is 3. The standard InChI is InChI=1S/C11H16O6/c1-15-9(12)7-5-4-6-8(10(13)16-2)11(14)17-3/h5,7-8H,4,6H2,1-3H3. The lowest BCUT2D eigenvalue weighted by Crippen LogP contribution is -2.26. The topological polar surface area (TPSA) is 78.9 Å². The smallest absolute Gasteiger partial charge is 0.330 e. The van der Waals surface area contributed by atoms with E-state index in [9.17, 15) is 14.4 Å². The van der Waals surface area contributed by atoms with Crippen LogP contribution in [0.1, 0.15) is 12.8 Å². The van der Waals surface area contributed by atoms with E-state index < -0.39 is 23.8 Å². The van der Waals surface area contributed by atoms with E-state index in [-0.39, 0.29) is 6.42 Å². The Morgan fingerprint density at radius 3 is 1.94 bits per heavy atom. The second-order valence-corrected chi connectivity index (χ2v) is 3.10. The third kappa shape index (κ3) is 5.70. The van der Waals surface area contributed by atoms with Crippen LogP contribution in [0.5, 0.6) is 0 Å². The highest BCUT2D eigenvalue weighted by Gasteiger charge is 2.27. The predicted molar refractivity (Wildman–Crippen MR) is 57.9 cm³/mol. The second kappa shape index (κ2) is 8.32. The minimum Gasteiger partial charge on any atom is -0.468 e. The molecule has 0 aliphatic rings. The highest BCUT2D eigenvalue weighted by Crippen LogP contribution is 2.11. The van der Waals surface area contributed by atoms with Crippen molar-refractivity contribution in [1.29, 1.82) is 0 Å². The number of ether oxygens (including phenoxy) is 3. The van der Waals surface area contributed by atoms with E-state index in [0.717, 1.165) is 0 Å². The average molecular weight is 244 g/mol. The van der Waals surface area contributed by atoms with Gasteiger partial charge in [0.2, 0.25) is 0 Å². The molecule has 6 heteroatoms. The Kier molecular flexibility index (Phi) is 7.41. The monoisotopic (exact) mass is 244 g/mol. The molecule has 0 fully saturated rings. The highest BCUT2D eigenvalue weighted by molar-refractivity contribution is 5.94. The summed E-state index contributed by atoms with van der Waals surface area (Å²) in [5, 5.41) is 0. The fourth-order valence-electron chi connectivity index (χ4n) is 1.13. The summed E-state index contributed by atoms with van der Waals surface area (Å²) in [6.45, 7) is 0. The zero-order chi connectivity index (χ0) is 13.3. The molecule has 96 valence electrons. The fourth-order valence-corrected chi connectivity index (χ4v) is 1.13. The largest absolute Gasteiger partial charge is 0.468 e. The molecule has 0 aliphatic carbocycles. The first-order valence-electron chi connectivity index (χ1n) is 4.97. The van der Waals surface area contributed by atoms with Gasteiger partial charge >= 0.3 is 17.9 Å². The van der Waals surface area contributed by atoms with Crippen molar-refractivity contribution in [2.45, 2.75) is 12.8 Å². The molecule has 0 saturated carbocycles. The van der Waals surface area contributed by atoms with E-state index >= 15 is 0 Å². The van der Waals surface area contributed by atoms with Gasteiger partial charge < -0.3 is 14.2 Å². The zero-order valence-corrected chi connectivity index (χ0v) is 10.1. The van der Waals surface area contributed by atoms with Crippen LogP contribution in [0.3, 0.4) is 0 Å². The van der Waals surface area contributed by atoms with E-state index in [4.69, 9.17) is 0 Å². The molecule has 0 aromatic heterocycles. The Hall–Kier alpha value is -1.85. The Balaban J connectivity index is 4.27. The number of hydrogen-bond acceptors (Lipinski definition) is 6. The third-order valence-electron chi connectivity index (χ3n) is 2.05. The zero-order valence-electron chi connectivity index (χ0n) is 10.1. The summed E-state index contributed by atoms with van der Waals surface area (Å²) in [6.07, 6.45) is 3.33. The number of allylic oxidation sites excluding steroid dienone is 1. The van der Waals surface area contributed by atoms with Gasteiger partial charge in [0.1, 0.15) is 0 Å². The van der Waals surface area contributed by atoms with Crippen molar-refractivity contribution in [3.05, 3.63) is 12.2 Å². The summed E-state index contributed by atoms with van der Waals surface area (Å²) in [4.78, 5) is 33.3. The van der Waals surface area contributed by atoms with Crippen molar-refractivity contribution in [2.24, 2.45) is 5.92 Å². The maximum absolute atomic E-state index is 11.3. The molecule has 0 rings (SSSR count). The SMILES string of the molecule is COC(=O)C=CCCC(C(=O)OC)C(=O)OC. The van der Waals surface area contributed by atoms with E-state index in [0.29, 0.717) is 6.42 Å². The van der Waals surface area contributed by atoms with Crippen LogP contribution >= 0.6 is 0 Å². The van der Waals surface area contributed by atoms with Crippen LogP contribution in [0, 0.1) is 5.92 Å². The second-order valence-electron chi connectivity index (χ2n) is 3.10. The summed E-state index contributed by atoms with van der Waals surface area (Å²) < 4.78 is 13.3. The molecule has 0 saturated heterocycles. The van der Waals surface area contributed by atoms with Crippen LogP contribution in [-0.2, 0) is 28.6 Å². The number of esters is 3. The van der Waals surface area contributed by atoms with E-state index in [1.54, 1.807) is 0 Å². The van der Waals surface area contributed by atoms with Crippen LogP contribution in [-0.4, -0.2) is 39.2 Å². The lowest BCUT2D eigenvalue weighted by molar-refractivity contribution is -0.159. The molecule has 0 heterocycles. The maximum atomic E-state index is 11.3. The molecule has 0 radical (unpaired) electrons. The molecular weight excluding hydrogens is 228 g/mol. The highest BCUT2D eigenvalue weighted by atomic mass is 16.5. The number of hydrogen-bond donors (Lipinski definition) is 0. The number of rotatable bonds is 6. The predicted octanol–water partition coefficient (Wildman–Crippen LogP) is 0.458. The number of carbonyl (C=O) groups excluding carboxylic acids is 3. The van der Waals surface area contributed by atoms with Crippen molar-refractivity contribution in [3.63, 3.8) is 0 Å². The van der Waals surface area contributed by atoms with Gasteiger partial charge in [-0.1, -0.05) is 6.08 Å². The van der Waals surface area contributed by atoms with Crippen LogP contribution in [0.2, 0.25) is 0 Å². The van der Waals surface area contributed by atoms with E-state index in [1.165, 1.54) is 33.5 Å². The molecule has 0 N–H and O–H groups in total. The normalized spacial score (nSPS) is 10.4. The van der Waals surface area contributed by atoms with Gasteiger partial charge in [-0.15, -0.1) is 0 Å². The summed E-state index contributed by atoms with van der Waals surface area (Å²) in [5.74, 6) is -2.75.